The quantitative estimate of drug-likeness (QED) is 0.591. The zero-order valence-electron chi connectivity index (χ0n) is 9.37. The van der Waals surface area contributed by atoms with E-state index < -0.39 is 0 Å². The molecule has 4 nitrogen and oxygen atoms in total. The maximum Gasteiger partial charge on any atom is 0.280 e. The Hall–Kier alpha value is -2.36. The minimum atomic E-state index is -0.337. The van der Waals surface area contributed by atoms with Crippen molar-refractivity contribution in [1.82, 2.24) is 4.57 Å². The van der Waals surface area contributed by atoms with Gasteiger partial charge >= 0.3 is 0 Å². The van der Waals surface area contributed by atoms with Gasteiger partial charge in [-0.2, -0.15) is 0 Å². The van der Waals surface area contributed by atoms with E-state index >= 15 is 0 Å². The minimum absolute atomic E-state index is 0.0451. The van der Waals surface area contributed by atoms with Crippen molar-refractivity contribution in [2.75, 3.05) is 0 Å². The molecule has 1 heterocycles. The lowest BCUT2D eigenvalue weighted by molar-refractivity contribution is 0.301. The summed E-state index contributed by atoms with van der Waals surface area (Å²) in [5, 5.41) is 12.2. The summed E-state index contributed by atoms with van der Waals surface area (Å²) in [5.41, 5.74) is 1.11. The highest BCUT2D eigenvalue weighted by atomic mass is 16.4. The van der Waals surface area contributed by atoms with Gasteiger partial charge in [-0.1, -0.05) is 41.6 Å². The Labute approximate surface area is 98.1 Å². The van der Waals surface area contributed by atoms with Crippen LogP contribution >= 0.6 is 0 Å². The van der Waals surface area contributed by atoms with Crippen molar-refractivity contribution in [1.29, 1.82) is 0 Å². The van der Waals surface area contributed by atoms with E-state index in [-0.39, 0.29) is 10.9 Å². The van der Waals surface area contributed by atoms with Crippen molar-refractivity contribution < 1.29 is 5.21 Å². The minimum Gasteiger partial charge on any atom is -0.410 e. The highest BCUT2D eigenvalue weighted by molar-refractivity contribution is 5.61. The van der Waals surface area contributed by atoms with E-state index in [0.717, 1.165) is 5.56 Å². The van der Waals surface area contributed by atoms with Gasteiger partial charge in [0, 0.05) is 18.8 Å². The Morgan fingerprint density at radius 2 is 1.82 bits per heavy atom. The van der Waals surface area contributed by atoms with Gasteiger partial charge in [0.2, 0.25) is 0 Å². The molecule has 1 N–H and O–H groups in total. The van der Waals surface area contributed by atoms with E-state index in [1.54, 1.807) is 25.4 Å². The van der Waals surface area contributed by atoms with Crippen LogP contribution in [0.1, 0.15) is 0 Å². The average molecular weight is 228 g/mol. The fraction of sp³-hybridized carbons (Fsp3) is 0.0769. The van der Waals surface area contributed by atoms with Crippen LogP contribution in [0.5, 0.6) is 0 Å². The molecule has 4 heteroatoms. The second kappa shape index (κ2) is 4.65. The Kier molecular flexibility index (Phi) is 3.05. The van der Waals surface area contributed by atoms with E-state index in [2.05, 4.69) is 5.16 Å². The van der Waals surface area contributed by atoms with Crippen LogP contribution < -0.4 is 10.9 Å². The summed E-state index contributed by atoms with van der Waals surface area (Å²) in [5.74, 6) is 0. The highest BCUT2D eigenvalue weighted by Gasteiger charge is 2.03. The van der Waals surface area contributed by atoms with Crippen molar-refractivity contribution in [2.45, 2.75) is 0 Å². The lowest BCUT2D eigenvalue weighted by Crippen LogP contribution is -2.31. The van der Waals surface area contributed by atoms with Gasteiger partial charge in [-0.15, -0.1) is 0 Å². The predicted octanol–water partition coefficient (Wildman–Crippen LogP) is 1.34. The molecule has 0 saturated carbocycles. The zero-order chi connectivity index (χ0) is 12.3. The molecule has 0 spiro atoms. The first-order valence-corrected chi connectivity index (χ1v) is 5.17. The SMILES string of the molecule is Cn1cccc(-c2ccccc2)/c(=N/O)c1=O. The third-order valence-electron chi connectivity index (χ3n) is 2.54. The van der Waals surface area contributed by atoms with Crippen LogP contribution in [0.2, 0.25) is 0 Å². The third-order valence-corrected chi connectivity index (χ3v) is 2.54. The number of hydrogen-bond acceptors (Lipinski definition) is 3. The number of aromatic nitrogens is 1. The maximum atomic E-state index is 11.9. The summed E-state index contributed by atoms with van der Waals surface area (Å²) in [6.45, 7) is 0. The Balaban J connectivity index is 2.87. The monoisotopic (exact) mass is 228 g/mol. The number of benzene rings is 1. The van der Waals surface area contributed by atoms with Crippen LogP contribution in [0.3, 0.4) is 0 Å². The van der Waals surface area contributed by atoms with Crippen LogP contribution in [-0.4, -0.2) is 9.77 Å². The van der Waals surface area contributed by atoms with Crippen molar-refractivity contribution in [3.63, 3.8) is 0 Å². The third kappa shape index (κ3) is 2.10. The van der Waals surface area contributed by atoms with Gasteiger partial charge in [-0.3, -0.25) is 4.79 Å². The molecule has 0 radical (unpaired) electrons. The van der Waals surface area contributed by atoms with Gasteiger partial charge < -0.3 is 9.77 Å². The second-order valence-electron chi connectivity index (χ2n) is 3.65. The van der Waals surface area contributed by atoms with Gasteiger partial charge in [0.15, 0.2) is 5.36 Å². The van der Waals surface area contributed by atoms with Gasteiger partial charge in [0.25, 0.3) is 5.56 Å². The van der Waals surface area contributed by atoms with Crippen molar-refractivity contribution in [3.05, 3.63) is 64.4 Å². The van der Waals surface area contributed by atoms with Crippen molar-refractivity contribution >= 4 is 0 Å². The molecule has 0 aliphatic rings. The topological polar surface area (TPSA) is 54.6 Å². The second-order valence-corrected chi connectivity index (χ2v) is 3.65. The number of rotatable bonds is 1. The van der Waals surface area contributed by atoms with E-state index in [1.165, 1.54) is 4.57 Å². The molecular formula is C13H12N2O2. The summed E-state index contributed by atoms with van der Waals surface area (Å²) in [7, 11) is 1.62. The van der Waals surface area contributed by atoms with E-state index in [4.69, 9.17) is 5.21 Å². The summed E-state index contributed by atoms with van der Waals surface area (Å²) in [6, 6.07) is 12.9. The molecule has 17 heavy (non-hydrogen) atoms. The Morgan fingerprint density at radius 1 is 1.12 bits per heavy atom. The van der Waals surface area contributed by atoms with Crippen LogP contribution in [0, 0.1) is 0 Å². The van der Waals surface area contributed by atoms with Crippen LogP contribution in [0.25, 0.3) is 11.1 Å². The van der Waals surface area contributed by atoms with Crippen LogP contribution in [-0.2, 0) is 7.05 Å². The van der Waals surface area contributed by atoms with E-state index in [0.29, 0.717) is 5.56 Å². The molecule has 2 rings (SSSR count). The zero-order valence-corrected chi connectivity index (χ0v) is 9.37. The first kappa shape index (κ1) is 11.1. The summed E-state index contributed by atoms with van der Waals surface area (Å²) < 4.78 is 1.38. The maximum absolute atomic E-state index is 11.9. The Bertz CT molecular complexity index is 646. The molecule has 2 aromatic rings. The van der Waals surface area contributed by atoms with Gasteiger partial charge in [-0.05, 0) is 11.6 Å². The standard InChI is InChI=1S/C13H12N2O2/c1-15-9-5-8-11(12(14-17)13(15)16)10-6-3-2-4-7-10/h2-9,17H,1H3/b14-12-. The smallest absolute Gasteiger partial charge is 0.280 e. The molecular weight excluding hydrogens is 216 g/mol. The lowest BCUT2D eigenvalue weighted by atomic mass is 10.1. The molecule has 0 unspecified atom stereocenters. The fourth-order valence-electron chi connectivity index (χ4n) is 1.64. The Morgan fingerprint density at radius 3 is 2.47 bits per heavy atom. The highest BCUT2D eigenvalue weighted by Crippen LogP contribution is 2.12. The first-order valence-electron chi connectivity index (χ1n) is 5.17. The molecule has 0 atom stereocenters. The molecule has 0 fully saturated rings. The number of nitrogens with zero attached hydrogens (tertiary/aromatic N) is 2. The lowest BCUT2D eigenvalue weighted by Gasteiger charge is -1.97. The molecule has 0 aliphatic carbocycles. The van der Waals surface area contributed by atoms with Gasteiger partial charge in [0.05, 0.1) is 0 Å². The van der Waals surface area contributed by atoms with Gasteiger partial charge in [-0.25, -0.2) is 0 Å². The normalized spacial score (nSPS) is 11.5. The first-order chi connectivity index (χ1) is 8.24. The summed E-state index contributed by atoms with van der Waals surface area (Å²) in [4.78, 5) is 11.9. The molecule has 0 aliphatic heterocycles. The molecule has 0 saturated heterocycles. The molecule has 0 bridgehead atoms. The van der Waals surface area contributed by atoms with Crippen molar-refractivity contribution in [2.24, 2.45) is 12.2 Å². The summed E-state index contributed by atoms with van der Waals surface area (Å²) >= 11 is 0. The molecule has 1 aromatic carbocycles. The summed E-state index contributed by atoms with van der Waals surface area (Å²) in [6.07, 6.45) is 1.63. The van der Waals surface area contributed by atoms with E-state index in [9.17, 15) is 4.79 Å². The molecule has 0 amide bonds. The predicted molar refractivity (Wildman–Crippen MR) is 64.5 cm³/mol. The fourth-order valence-corrected chi connectivity index (χ4v) is 1.64. The average Bonchev–Trinajstić information content (AvgIpc) is 2.51. The van der Waals surface area contributed by atoms with Crippen molar-refractivity contribution in [3.8, 4) is 11.1 Å². The largest absolute Gasteiger partial charge is 0.410 e. The van der Waals surface area contributed by atoms with Crippen LogP contribution in [0.15, 0.2) is 58.6 Å². The van der Waals surface area contributed by atoms with E-state index in [1.807, 2.05) is 30.3 Å². The molecule has 1 aromatic heterocycles. The van der Waals surface area contributed by atoms with Crippen LogP contribution in [0.4, 0.5) is 0 Å². The number of hydrogen-bond donors (Lipinski definition) is 1. The molecule has 86 valence electrons. The number of aryl methyl sites for hydroxylation is 1. The van der Waals surface area contributed by atoms with Gasteiger partial charge in [0.1, 0.15) is 0 Å².